The number of hydrazone groups is 1. The maximum Gasteiger partial charge on any atom is 0.211 e. The van der Waals surface area contributed by atoms with Crippen LogP contribution in [0.4, 0.5) is 0 Å². The number of hydrogen-bond acceptors (Lipinski definition) is 7. The first-order chi connectivity index (χ1) is 14.2. The van der Waals surface area contributed by atoms with Crippen molar-refractivity contribution >= 4 is 5.90 Å². The van der Waals surface area contributed by atoms with Crippen molar-refractivity contribution in [1.82, 2.24) is 5.01 Å². The predicted octanol–water partition coefficient (Wildman–Crippen LogP) is 2.57. The van der Waals surface area contributed by atoms with E-state index < -0.39 is 12.2 Å². The highest BCUT2D eigenvalue weighted by atomic mass is 16.5. The van der Waals surface area contributed by atoms with E-state index in [1.807, 2.05) is 31.0 Å². The quantitative estimate of drug-likeness (QED) is 0.507. The average Bonchev–Trinajstić information content (AvgIpc) is 2.98. The van der Waals surface area contributed by atoms with Crippen LogP contribution in [-0.4, -0.2) is 69.8 Å². The van der Waals surface area contributed by atoms with E-state index in [9.17, 15) is 10.2 Å². The molecule has 170 valence electrons. The second-order valence-corrected chi connectivity index (χ2v) is 8.60. The topological polar surface area (TPSA) is 94.8 Å². The van der Waals surface area contributed by atoms with Crippen molar-refractivity contribution in [2.24, 2.45) is 11.0 Å². The summed E-state index contributed by atoms with van der Waals surface area (Å²) in [7, 11) is 0. The smallest absolute Gasteiger partial charge is 0.211 e. The Kier molecular flexibility index (Phi) is 9.39. The van der Waals surface area contributed by atoms with Gasteiger partial charge >= 0.3 is 0 Å². The lowest BCUT2D eigenvalue weighted by Gasteiger charge is -2.27. The van der Waals surface area contributed by atoms with Crippen LogP contribution in [0, 0.1) is 5.92 Å². The summed E-state index contributed by atoms with van der Waals surface area (Å²) >= 11 is 0. The lowest BCUT2D eigenvalue weighted by molar-refractivity contribution is 0.0366. The molecular weight excluding hydrogens is 384 g/mol. The van der Waals surface area contributed by atoms with E-state index in [2.05, 4.69) is 32.9 Å². The molecule has 7 nitrogen and oxygen atoms in total. The molecule has 1 heterocycles. The van der Waals surface area contributed by atoms with Gasteiger partial charge in [-0.3, -0.25) is 5.01 Å². The van der Waals surface area contributed by atoms with Gasteiger partial charge in [0, 0.05) is 19.1 Å². The molecule has 1 aliphatic heterocycles. The molecule has 2 rings (SSSR count). The monoisotopic (exact) mass is 422 g/mol. The molecule has 0 amide bonds. The number of nitrogens with zero attached hydrogens (tertiary/aromatic N) is 2. The van der Waals surface area contributed by atoms with E-state index in [-0.39, 0.29) is 50.2 Å². The highest BCUT2D eigenvalue weighted by Gasteiger charge is 2.38. The largest absolute Gasteiger partial charge is 0.491 e. The fourth-order valence-electron chi connectivity index (χ4n) is 3.76. The Bertz CT molecular complexity index is 662. The van der Waals surface area contributed by atoms with Gasteiger partial charge in [0.05, 0.1) is 30.8 Å². The standard InChI is InChI=1S/C23H38N2O5/c1-15(2)25-17(5)22(12-18-6-8-20(9-7-18)29-16(3)4)23(24-25)30-21(14-27)13-19(28)10-11-26/h6-9,15-17,19,21-22,26-28H,10-14H2,1-5H3. The molecule has 4 unspecified atom stereocenters. The third-order valence-corrected chi connectivity index (χ3v) is 5.30. The molecule has 0 bridgehead atoms. The average molecular weight is 423 g/mol. The number of aliphatic hydroxyl groups excluding tert-OH is 3. The Morgan fingerprint density at radius 1 is 1.07 bits per heavy atom. The van der Waals surface area contributed by atoms with Crippen molar-refractivity contribution in [3.8, 4) is 5.75 Å². The molecular formula is C23H38N2O5. The molecule has 4 atom stereocenters. The lowest BCUT2D eigenvalue weighted by Crippen LogP contribution is -2.37. The number of hydrogen-bond donors (Lipinski definition) is 3. The van der Waals surface area contributed by atoms with Gasteiger partial charge < -0.3 is 24.8 Å². The van der Waals surface area contributed by atoms with E-state index in [4.69, 9.17) is 19.7 Å². The van der Waals surface area contributed by atoms with Gasteiger partial charge in [-0.1, -0.05) is 12.1 Å². The van der Waals surface area contributed by atoms with Crippen LogP contribution in [0.25, 0.3) is 0 Å². The minimum absolute atomic E-state index is 0.0355. The second kappa shape index (κ2) is 11.5. The molecule has 30 heavy (non-hydrogen) atoms. The molecule has 0 fully saturated rings. The van der Waals surface area contributed by atoms with Gasteiger partial charge in [0.1, 0.15) is 11.9 Å². The predicted molar refractivity (Wildman–Crippen MR) is 118 cm³/mol. The normalized spacial score (nSPS) is 21.1. The Hall–Kier alpha value is -1.83. The molecule has 1 aromatic rings. The first-order valence-electron chi connectivity index (χ1n) is 10.9. The summed E-state index contributed by atoms with van der Waals surface area (Å²) in [6.07, 6.45) is 0.111. The van der Waals surface area contributed by atoms with Crippen molar-refractivity contribution in [2.75, 3.05) is 13.2 Å². The van der Waals surface area contributed by atoms with Gasteiger partial charge in [0.2, 0.25) is 5.90 Å². The number of rotatable bonds is 11. The number of ether oxygens (including phenoxy) is 2. The van der Waals surface area contributed by atoms with E-state index in [0.717, 1.165) is 17.7 Å². The Labute approximate surface area is 180 Å². The Morgan fingerprint density at radius 3 is 2.27 bits per heavy atom. The summed E-state index contributed by atoms with van der Waals surface area (Å²) in [6.45, 7) is 10.0. The highest BCUT2D eigenvalue weighted by molar-refractivity contribution is 5.81. The summed E-state index contributed by atoms with van der Waals surface area (Å²) < 4.78 is 11.8. The number of benzene rings is 1. The minimum atomic E-state index is -0.722. The Morgan fingerprint density at radius 2 is 1.73 bits per heavy atom. The van der Waals surface area contributed by atoms with Crippen LogP contribution >= 0.6 is 0 Å². The fraction of sp³-hybridized carbons (Fsp3) is 0.696. The van der Waals surface area contributed by atoms with E-state index in [0.29, 0.717) is 5.90 Å². The van der Waals surface area contributed by atoms with Crippen LogP contribution in [-0.2, 0) is 11.2 Å². The zero-order valence-electron chi connectivity index (χ0n) is 18.9. The molecule has 0 aromatic heterocycles. The van der Waals surface area contributed by atoms with Crippen molar-refractivity contribution in [1.29, 1.82) is 0 Å². The maximum atomic E-state index is 9.99. The van der Waals surface area contributed by atoms with Gasteiger partial charge in [-0.25, -0.2) is 0 Å². The second-order valence-electron chi connectivity index (χ2n) is 8.60. The molecule has 7 heteroatoms. The van der Waals surface area contributed by atoms with E-state index in [1.165, 1.54) is 0 Å². The van der Waals surface area contributed by atoms with Crippen LogP contribution in [0.1, 0.15) is 53.0 Å². The third-order valence-electron chi connectivity index (χ3n) is 5.30. The van der Waals surface area contributed by atoms with E-state index >= 15 is 0 Å². The molecule has 0 saturated heterocycles. The number of aliphatic hydroxyl groups is 3. The van der Waals surface area contributed by atoms with Gasteiger partial charge in [0.25, 0.3) is 0 Å². The van der Waals surface area contributed by atoms with Crippen LogP contribution in [0.15, 0.2) is 29.4 Å². The van der Waals surface area contributed by atoms with Crippen LogP contribution < -0.4 is 4.74 Å². The SMILES string of the molecule is CC(C)Oc1ccc(CC2C(OC(CO)CC(O)CCO)=NN(C(C)C)C2C)cc1. The molecule has 0 saturated carbocycles. The summed E-state index contributed by atoms with van der Waals surface area (Å²) in [5, 5.41) is 35.5. The first-order valence-corrected chi connectivity index (χ1v) is 10.9. The van der Waals surface area contributed by atoms with Crippen LogP contribution in [0.3, 0.4) is 0 Å². The fourth-order valence-corrected chi connectivity index (χ4v) is 3.76. The summed E-state index contributed by atoms with van der Waals surface area (Å²) in [4.78, 5) is 0. The van der Waals surface area contributed by atoms with E-state index in [1.54, 1.807) is 0 Å². The summed E-state index contributed by atoms with van der Waals surface area (Å²) in [5.74, 6) is 1.47. The van der Waals surface area contributed by atoms with Crippen LogP contribution in [0.5, 0.6) is 5.75 Å². The zero-order chi connectivity index (χ0) is 22.3. The maximum absolute atomic E-state index is 9.99. The minimum Gasteiger partial charge on any atom is -0.491 e. The molecule has 3 N–H and O–H groups in total. The van der Waals surface area contributed by atoms with Crippen molar-refractivity contribution in [2.45, 2.75) is 84.3 Å². The van der Waals surface area contributed by atoms with Gasteiger partial charge in [0.15, 0.2) is 0 Å². The van der Waals surface area contributed by atoms with Gasteiger partial charge in [-0.15, -0.1) is 5.10 Å². The van der Waals surface area contributed by atoms with Gasteiger partial charge in [-0.05, 0) is 65.2 Å². The Balaban J connectivity index is 2.13. The molecule has 0 aliphatic carbocycles. The molecule has 1 aliphatic rings. The highest BCUT2D eigenvalue weighted by Crippen LogP contribution is 2.29. The zero-order valence-corrected chi connectivity index (χ0v) is 18.9. The van der Waals surface area contributed by atoms with Gasteiger partial charge in [-0.2, -0.15) is 0 Å². The summed E-state index contributed by atoms with van der Waals surface area (Å²) in [5.41, 5.74) is 1.16. The van der Waals surface area contributed by atoms with Crippen molar-refractivity contribution in [3.05, 3.63) is 29.8 Å². The molecule has 0 spiro atoms. The van der Waals surface area contributed by atoms with Crippen LogP contribution in [0.2, 0.25) is 0 Å². The lowest BCUT2D eigenvalue weighted by atomic mass is 9.93. The third kappa shape index (κ3) is 6.86. The summed E-state index contributed by atoms with van der Waals surface area (Å²) in [6, 6.07) is 8.46. The van der Waals surface area contributed by atoms with Crippen molar-refractivity contribution in [3.63, 3.8) is 0 Å². The molecule has 0 radical (unpaired) electrons. The molecule has 1 aromatic carbocycles. The van der Waals surface area contributed by atoms with Crippen molar-refractivity contribution < 1.29 is 24.8 Å². The first kappa shape index (κ1) is 24.4.